The minimum Gasteiger partial charge on any atom is -0.497 e. The van der Waals surface area contributed by atoms with Gasteiger partial charge in [0, 0.05) is 12.6 Å². The van der Waals surface area contributed by atoms with Gasteiger partial charge in [0.15, 0.2) is 11.9 Å². The third-order valence-corrected chi connectivity index (χ3v) is 4.96. The number of hydrogen-bond acceptors (Lipinski definition) is 7. The molecule has 0 bridgehead atoms. The van der Waals surface area contributed by atoms with Crippen molar-refractivity contribution in [2.24, 2.45) is 0 Å². The summed E-state index contributed by atoms with van der Waals surface area (Å²) in [5.74, 6) is -1.46. The van der Waals surface area contributed by atoms with Gasteiger partial charge >= 0.3 is 5.97 Å². The number of carbonyl (C=O) groups is 2. The first-order valence-electron chi connectivity index (χ1n) is 8.95. The third-order valence-electron chi connectivity index (χ3n) is 4.96. The standard InChI is InChI=1S/C20H25NO7/c1-6-16(27-12(2)22)20(24)17(15-11-26-19(3,4)28-15)21(18(20)23)13-7-9-14(25-5)10-8-13/h6-10,15-17,24H,1,11H2,2-5H3/t15-,16+,17+,20-/m1/s1. The molecule has 8 heteroatoms. The predicted molar refractivity (Wildman–Crippen MR) is 99.9 cm³/mol. The summed E-state index contributed by atoms with van der Waals surface area (Å²) in [7, 11) is 1.55. The van der Waals surface area contributed by atoms with Gasteiger partial charge in [0.05, 0.1) is 13.7 Å². The number of nitrogens with zero attached hydrogens (tertiary/aromatic N) is 1. The summed E-state index contributed by atoms with van der Waals surface area (Å²) in [5, 5.41) is 11.3. The van der Waals surface area contributed by atoms with Crippen LogP contribution >= 0.6 is 0 Å². The van der Waals surface area contributed by atoms with Crippen LogP contribution in [0.1, 0.15) is 20.8 Å². The fourth-order valence-corrected chi connectivity index (χ4v) is 3.70. The van der Waals surface area contributed by atoms with E-state index in [-0.39, 0.29) is 6.61 Å². The molecule has 1 N–H and O–H groups in total. The van der Waals surface area contributed by atoms with E-state index in [1.807, 2.05) is 0 Å². The lowest BCUT2D eigenvalue weighted by Gasteiger charge is -2.56. The van der Waals surface area contributed by atoms with Crippen molar-refractivity contribution >= 4 is 17.6 Å². The number of hydrogen-bond donors (Lipinski definition) is 1. The minimum absolute atomic E-state index is 0.170. The van der Waals surface area contributed by atoms with Crippen molar-refractivity contribution in [2.75, 3.05) is 18.6 Å². The number of benzene rings is 1. The molecule has 1 aromatic carbocycles. The Bertz CT molecular complexity index is 775. The van der Waals surface area contributed by atoms with Crippen LogP contribution in [-0.2, 0) is 23.8 Å². The van der Waals surface area contributed by atoms with Crippen LogP contribution in [0.4, 0.5) is 5.69 Å². The van der Waals surface area contributed by atoms with Crippen LogP contribution in [0.25, 0.3) is 0 Å². The third kappa shape index (κ3) is 3.28. The molecule has 0 aromatic heterocycles. The zero-order valence-electron chi connectivity index (χ0n) is 16.4. The Morgan fingerprint density at radius 1 is 1.39 bits per heavy atom. The quantitative estimate of drug-likeness (QED) is 0.445. The summed E-state index contributed by atoms with van der Waals surface area (Å²) in [4.78, 5) is 26.0. The molecule has 0 aliphatic carbocycles. The second-order valence-corrected chi connectivity index (χ2v) is 7.28. The van der Waals surface area contributed by atoms with E-state index < -0.39 is 41.5 Å². The van der Waals surface area contributed by atoms with Gasteiger partial charge in [-0.25, -0.2) is 0 Å². The number of rotatable bonds is 6. The van der Waals surface area contributed by atoms with Gasteiger partial charge in [0.1, 0.15) is 17.9 Å². The van der Waals surface area contributed by atoms with Crippen molar-refractivity contribution < 1.29 is 33.6 Å². The Hall–Kier alpha value is -2.42. The first-order valence-corrected chi connectivity index (χ1v) is 8.95. The molecule has 2 aliphatic heterocycles. The van der Waals surface area contributed by atoms with Gasteiger partial charge in [-0.3, -0.25) is 9.59 Å². The Morgan fingerprint density at radius 3 is 2.50 bits per heavy atom. The Morgan fingerprint density at radius 2 is 2.04 bits per heavy atom. The predicted octanol–water partition coefficient (Wildman–Crippen LogP) is 1.41. The summed E-state index contributed by atoms with van der Waals surface area (Å²) >= 11 is 0. The molecule has 1 aromatic rings. The molecule has 0 unspecified atom stereocenters. The normalized spacial score (nSPS) is 29.8. The van der Waals surface area contributed by atoms with Crippen molar-refractivity contribution in [3.8, 4) is 5.75 Å². The zero-order valence-corrected chi connectivity index (χ0v) is 16.4. The maximum Gasteiger partial charge on any atom is 0.303 e. The van der Waals surface area contributed by atoms with Crippen LogP contribution in [0.15, 0.2) is 36.9 Å². The van der Waals surface area contributed by atoms with Gasteiger partial charge in [0.25, 0.3) is 5.91 Å². The number of carbonyl (C=O) groups excluding carboxylic acids is 2. The van der Waals surface area contributed by atoms with Crippen LogP contribution < -0.4 is 9.64 Å². The van der Waals surface area contributed by atoms with Crippen LogP contribution in [0.3, 0.4) is 0 Å². The lowest BCUT2D eigenvalue weighted by atomic mass is 9.74. The van der Waals surface area contributed by atoms with Crippen molar-refractivity contribution in [3.63, 3.8) is 0 Å². The highest BCUT2D eigenvalue weighted by Crippen LogP contribution is 2.44. The van der Waals surface area contributed by atoms with Gasteiger partial charge in [-0.15, -0.1) is 0 Å². The highest BCUT2D eigenvalue weighted by molar-refractivity contribution is 6.09. The van der Waals surface area contributed by atoms with E-state index in [1.54, 1.807) is 45.2 Å². The number of esters is 1. The summed E-state index contributed by atoms with van der Waals surface area (Å²) in [6.07, 6.45) is -0.597. The number of amides is 1. The van der Waals surface area contributed by atoms with Crippen molar-refractivity contribution in [3.05, 3.63) is 36.9 Å². The average molecular weight is 391 g/mol. The summed E-state index contributed by atoms with van der Waals surface area (Å²) in [6, 6.07) is 6.00. The molecular formula is C20H25NO7. The Balaban J connectivity index is 1.99. The molecule has 1 amide bonds. The molecule has 4 atom stereocenters. The van der Waals surface area contributed by atoms with E-state index in [2.05, 4.69) is 6.58 Å². The molecule has 0 radical (unpaired) electrons. The minimum atomic E-state index is -2.01. The largest absolute Gasteiger partial charge is 0.497 e. The smallest absolute Gasteiger partial charge is 0.303 e. The molecular weight excluding hydrogens is 366 g/mol. The van der Waals surface area contributed by atoms with Crippen LogP contribution in [0.2, 0.25) is 0 Å². The van der Waals surface area contributed by atoms with Crippen LogP contribution in [0, 0.1) is 0 Å². The molecule has 28 heavy (non-hydrogen) atoms. The lowest BCUT2D eigenvalue weighted by molar-refractivity contribution is -0.194. The van der Waals surface area contributed by atoms with Gasteiger partial charge in [-0.2, -0.15) is 0 Å². The first kappa shape index (κ1) is 20.3. The van der Waals surface area contributed by atoms with E-state index in [9.17, 15) is 14.7 Å². The lowest BCUT2D eigenvalue weighted by Crippen LogP contribution is -2.82. The summed E-state index contributed by atoms with van der Waals surface area (Å²) in [5.41, 5.74) is -1.46. The van der Waals surface area contributed by atoms with E-state index in [0.29, 0.717) is 11.4 Å². The van der Waals surface area contributed by atoms with Crippen molar-refractivity contribution in [2.45, 2.75) is 50.4 Å². The van der Waals surface area contributed by atoms with Crippen molar-refractivity contribution in [1.82, 2.24) is 0 Å². The molecule has 0 saturated carbocycles. The molecule has 8 nitrogen and oxygen atoms in total. The van der Waals surface area contributed by atoms with Gasteiger partial charge < -0.3 is 29.0 Å². The topological polar surface area (TPSA) is 94.5 Å². The van der Waals surface area contributed by atoms with E-state index in [0.717, 1.165) is 0 Å². The fourth-order valence-electron chi connectivity index (χ4n) is 3.70. The van der Waals surface area contributed by atoms with E-state index in [4.69, 9.17) is 18.9 Å². The monoisotopic (exact) mass is 391 g/mol. The Labute approximate surface area is 163 Å². The average Bonchev–Trinajstić information content (AvgIpc) is 3.01. The second-order valence-electron chi connectivity index (χ2n) is 7.28. The van der Waals surface area contributed by atoms with Gasteiger partial charge in [-0.05, 0) is 44.2 Å². The maximum atomic E-state index is 13.1. The number of anilines is 1. The molecule has 0 spiro atoms. The maximum absolute atomic E-state index is 13.1. The molecule has 2 saturated heterocycles. The first-order chi connectivity index (χ1) is 13.1. The van der Waals surface area contributed by atoms with Crippen LogP contribution in [0.5, 0.6) is 5.75 Å². The number of aliphatic hydroxyl groups is 1. The van der Waals surface area contributed by atoms with E-state index >= 15 is 0 Å². The van der Waals surface area contributed by atoms with E-state index in [1.165, 1.54) is 17.9 Å². The summed E-state index contributed by atoms with van der Waals surface area (Å²) < 4.78 is 21.9. The SMILES string of the molecule is C=C[C@H](OC(C)=O)[C@]1(O)C(=O)N(c2ccc(OC)cc2)[C@H]1[C@H]1COC(C)(C)O1. The highest BCUT2D eigenvalue weighted by Gasteiger charge is 2.69. The number of β-lactam (4-membered cyclic amide) rings is 1. The molecule has 3 rings (SSSR count). The molecule has 2 heterocycles. The van der Waals surface area contributed by atoms with Crippen molar-refractivity contribution in [1.29, 1.82) is 0 Å². The second kappa shape index (κ2) is 7.20. The molecule has 2 aliphatic rings. The van der Waals surface area contributed by atoms with Crippen LogP contribution in [-0.4, -0.2) is 60.3 Å². The summed E-state index contributed by atoms with van der Waals surface area (Å²) in [6.45, 7) is 8.49. The Kier molecular flexibility index (Phi) is 5.22. The highest BCUT2D eigenvalue weighted by atomic mass is 16.7. The van der Waals surface area contributed by atoms with Gasteiger partial charge in [0.2, 0.25) is 5.60 Å². The molecule has 2 fully saturated rings. The van der Waals surface area contributed by atoms with Gasteiger partial charge in [-0.1, -0.05) is 6.58 Å². The number of methoxy groups -OCH3 is 1. The fraction of sp³-hybridized carbons (Fsp3) is 0.500. The zero-order chi connectivity index (χ0) is 20.7. The number of ether oxygens (including phenoxy) is 4. The molecule has 152 valence electrons.